The smallest absolute Gasteiger partial charge is 0.240 e. The molecule has 1 aliphatic rings. The normalized spacial score (nSPS) is 16.3. The van der Waals surface area contributed by atoms with E-state index >= 15 is 0 Å². The number of rotatable bonds is 6. The summed E-state index contributed by atoms with van der Waals surface area (Å²) in [4.78, 5) is 16.6. The van der Waals surface area contributed by atoms with Gasteiger partial charge >= 0.3 is 0 Å². The first-order valence-electron chi connectivity index (χ1n) is 7.78. The number of methoxy groups -OCH3 is 1. The number of anilines is 1. The van der Waals surface area contributed by atoms with Crippen LogP contribution < -0.4 is 5.32 Å². The van der Waals surface area contributed by atoms with Crippen molar-refractivity contribution in [3.05, 3.63) is 16.9 Å². The van der Waals surface area contributed by atoms with E-state index in [-0.39, 0.29) is 11.8 Å². The van der Waals surface area contributed by atoms with E-state index in [9.17, 15) is 4.79 Å². The van der Waals surface area contributed by atoms with Gasteiger partial charge in [0.2, 0.25) is 11.8 Å². The summed E-state index contributed by atoms with van der Waals surface area (Å²) in [6, 6.07) is 2.08. The van der Waals surface area contributed by atoms with Crippen LogP contribution in [-0.4, -0.2) is 68.7 Å². The molecule has 2 heterocycles. The minimum atomic E-state index is -0.152. The van der Waals surface area contributed by atoms with Crippen LogP contribution in [0.2, 0.25) is 0 Å². The van der Waals surface area contributed by atoms with Crippen molar-refractivity contribution in [3.8, 4) is 6.07 Å². The van der Waals surface area contributed by atoms with Crippen LogP contribution in [0.3, 0.4) is 0 Å². The van der Waals surface area contributed by atoms with Crippen molar-refractivity contribution in [1.82, 2.24) is 9.80 Å². The Labute approximate surface area is 136 Å². The number of piperazine rings is 1. The monoisotopic (exact) mass is 320 g/mol. The molecule has 0 bridgehead atoms. The van der Waals surface area contributed by atoms with Gasteiger partial charge in [0.15, 0.2) is 0 Å². The summed E-state index contributed by atoms with van der Waals surface area (Å²) in [6.07, 6.45) is 0. The molecule has 2 rings (SSSR count). The van der Waals surface area contributed by atoms with Crippen molar-refractivity contribution in [2.24, 2.45) is 0 Å². The second kappa shape index (κ2) is 8.11. The lowest BCUT2D eigenvalue weighted by molar-refractivity contribution is -0.117. The number of ether oxygens (including phenoxy) is 1. The molecule has 0 saturated carbocycles. The van der Waals surface area contributed by atoms with Crippen LogP contribution in [0.1, 0.15) is 16.9 Å². The topological polar surface area (TPSA) is 81.7 Å². The lowest BCUT2D eigenvalue weighted by atomic mass is 10.2. The molecule has 1 amide bonds. The highest BCUT2D eigenvalue weighted by Gasteiger charge is 2.21. The first kappa shape index (κ1) is 17.5. The number of aryl methyl sites for hydroxylation is 1. The number of hydrogen-bond donors (Lipinski definition) is 1. The second-order valence-electron chi connectivity index (χ2n) is 5.76. The molecule has 1 aromatic rings. The van der Waals surface area contributed by atoms with Gasteiger partial charge in [0.25, 0.3) is 0 Å². The Morgan fingerprint density at radius 3 is 2.57 bits per heavy atom. The molecule has 0 unspecified atom stereocenters. The maximum atomic E-state index is 12.2. The maximum absolute atomic E-state index is 12.2. The van der Waals surface area contributed by atoms with Crippen LogP contribution >= 0.6 is 0 Å². The molecule has 7 heteroatoms. The number of hydrogen-bond acceptors (Lipinski definition) is 6. The van der Waals surface area contributed by atoms with Crippen LogP contribution in [-0.2, 0) is 9.53 Å². The summed E-state index contributed by atoms with van der Waals surface area (Å²) >= 11 is 0. The van der Waals surface area contributed by atoms with Crippen molar-refractivity contribution in [3.63, 3.8) is 0 Å². The van der Waals surface area contributed by atoms with Crippen molar-refractivity contribution in [2.75, 3.05) is 58.3 Å². The quantitative estimate of drug-likeness (QED) is 0.841. The first-order chi connectivity index (χ1) is 11.0. The molecule has 7 nitrogen and oxygen atoms in total. The van der Waals surface area contributed by atoms with Crippen LogP contribution in [0.4, 0.5) is 5.88 Å². The third kappa shape index (κ3) is 4.55. The Balaban J connectivity index is 1.82. The average Bonchev–Trinajstić information content (AvgIpc) is 2.80. The molecule has 1 N–H and O–H groups in total. The van der Waals surface area contributed by atoms with Gasteiger partial charge in [0.05, 0.1) is 13.2 Å². The Kier molecular flexibility index (Phi) is 6.16. The summed E-state index contributed by atoms with van der Waals surface area (Å²) < 4.78 is 10.5. The Morgan fingerprint density at radius 1 is 1.30 bits per heavy atom. The number of nitrogens with one attached hydrogen (secondary N) is 1. The lowest BCUT2D eigenvalue weighted by Crippen LogP contribution is -2.49. The third-order valence-electron chi connectivity index (χ3n) is 4.19. The molecule has 1 fully saturated rings. The third-order valence-corrected chi connectivity index (χ3v) is 4.19. The molecule has 0 radical (unpaired) electrons. The predicted molar refractivity (Wildman–Crippen MR) is 86.3 cm³/mol. The molecular formula is C16H24N4O3. The SMILES string of the molecule is COCCN1CCN(CC(=O)Nc2oc(C)c(C)c2C#N)CC1. The highest BCUT2D eigenvalue weighted by atomic mass is 16.5. The van der Waals surface area contributed by atoms with Gasteiger partial charge in [-0.1, -0.05) is 0 Å². The average molecular weight is 320 g/mol. The standard InChI is InChI=1S/C16H24N4O3/c1-12-13(2)23-16(14(12)10-17)18-15(21)11-20-6-4-19(5-7-20)8-9-22-3/h4-9,11H2,1-3H3,(H,18,21). The zero-order chi connectivity index (χ0) is 16.8. The minimum Gasteiger partial charge on any atom is -0.444 e. The van der Waals surface area contributed by atoms with Gasteiger partial charge in [0.1, 0.15) is 17.4 Å². The fraction of sp³-hybridized carbons (Fsp3) is 0.625. The summed E-state index contributed by atoms with van der Waals surface area (Å²) in [7, 11) is 1.70. The van der Waals surface area contributed by atoms with Crippen LogP contribution in [0.25, 0.3) is 0 Å². The van der Waals surface area contributed by atoms with Crippen molar-refractivity contribution in [2.45, 2.75) is 13.8 Å². The number of amides is 1. The fourth-order valence-corrected chi connectivity index (χ4v) is 2.61. The van der Waals surface area contributed by atoms with E-state index in [1.54, 1.807) is 14.0 Å². The number of carbonyl (C=O) groups excluding carboxylic acids is 1. The van der Waals surface area contributed by atoms with Crippen molar-refractivity contribution >= 4 is 11.8 Å². The Morgan fingerprint density at radius 2 is 1.96 bits per heavy atom. The fourth-order valence-electron chi connectivity index (χ4n) is 2.61. The second-order valence-corrected chi connectivity index (χ2v) is 5.76. The molecule has 0 aromatic carbocycles. The van der Waals surface area contributed by atoms with E-state index in [1.807, 2.05) is 6.92 Å². The van der Waals surface area contributed by atoms with E-state index < -0.39 is 0 Å². The molecule has 0 atom stereocenters. The van der Waals surface area contributed by atoms with Crippen molar-refractivity contribution in [1.29, 1.82) is 5.26 Å². The van der Waals surface area contributed by atoms with E-state index in [2.05, 4.69) is 21.2 Å². The predicted octanol–water partition coefficient (Wildman–Crippen LogP) is 0.971. The zero-order valence-corrected chi connectivity index (χ0v) is 14.0. The Hall–Kier alpha value is -1.88. The molecule has 0 spiro atoms. The summed E-state index contributed by atoms with van der Waals surface area (Å²) in [5.74, 6) is 0.760. The minimum absolute atomic E-state index is 0.152. The molecule has 23 heavy (non-hydrogen) atoms. The van der Waals surface area contributed by atoms with Gasteiger partial charge in [-0.25, -0.2) is 0 Å². The zero-order valence-electron chi connectivity index (χ0n) is 14.0. The van der Waals surface area contributed by atoms with E-state index in [0.717, 1.165) is 44.9 Å². The highest BCUT2D eigenvalue weighted by molar-refractivity contribution is 5.92. The van der Waals surface area contributed by atoms with Gasteiger partial charge in [-0.2, -0.15) is 5.26 Å². The summed E-state index contributed by atoms with van der Waals surface area (Å²) in [5, 5.41) is 11.9. The Bertz CT molecular complexity index is 583. The number of furan rings is 1. The maximum Gasteiger partial charge on any atom is 0.240 e. The highest BCUT2D eigenvalue weighted by Crippen LogP contribution is 2.25. The molecule has 0 aliphatic carbocycles. The summed E-state index contributed by atoms with van der Waals surface area (Å²) in [5.41, 5.74) is 1.18. The van der Waals surface area contributed by atoms with Crippen LogP contribution in [0.15, 0.2) is 4.42 Å². The van der Waals surface area contributed by atoms with Gasteiger partial charge in [-0.05, 0) is 13.8 Å². The molecular weight excluding hydrogens is 296 g/mol. The van der Waals surface area contributed by atoms with E-state index in [1.165, 1.54) is 0 Å². The van der Waals surface area contributed by atoms with E-state index in [0.29, 0.717) is 17.9 Å². The van der Waals surface area contributed by atoms with Crippen LogP contribution in [0, 0.1) is 25.2 Å². The lowest BCUT2D eigenvalue weighted by Gasteiger charge is -2.33. The van der Waals surface area contributed by atoms with Gasteiger partial charge in [-0.3, -0.25) is 19.9 Å². The number of nitriles is 1. The van der Waals surface area contributed by atoms with Gasteiger partial charge < -0.3 is 9.15 Å². The number of carbonyl (C=O) groups is 1. The molecule has 1 aromatic heterocycles. The van der Waals surface area contributed by atoms with Crippen molar-refractivity contribution < 1.29 is 13.9 Å². The largest absolute Gasteiger partial charge is 0.444 e. The van der Waals surface area contributed by atoms with Gasteiger partial charge in [0, 0.05) is 45.4 Å². The van der Waals surface area contributed by atoms with Gasteiger partial charge in [-0.15, -0.1) is 0 Å². The van der Waals surface area contributed by atoms with Crippen LogP contribution in [0.5, 0.6) is 0 Å². The summed E-state index contributed by atoms with van der Waals surface area (Å²) in [6.45, 7) is 9.11. The molecule has 1 saturated heterocycles. The van der Waals surface area contributed by atoms with E-state index in [4.69, 9.17) is 14.4 Å². The molecule has 126 valence electrons. The first-order valence-corrected chi connectivity index (χ1v) is 7.78. The number of nitrogens with zero attached hydrogens (tertiary/aromatic N) is 3. The molecule has 1 aliphatic heterocycles.